The Bertz CT molecular complexity index is 448. The number of hydrogen-bond donors (Lipinski definition) is 1. The second-order valence-corrected chi connectivity index (χ2v) is 4.14. The molecule has 1 nitrogen and oxygen atoms in total. The topological polar surface area (TPSA) is 12.0 Å². The minimum absolute atomic E-state index is 0.355. The molecule has 0 fully saturated rings. The Labute approximate surface area is 120 Å². The fourth-order valence-corrected chi connectivity index (χ4v) is 1.57. The molecule has 0 unspecified atom stereocenters. The zero-order valence-electron chi connectivity index (χ0n) is 11.1. The molecule has 3 heteroatoms. The predicted molar refractivity (Wildman–Crippen MR) is 84.2 cm³/mol. The predicted octanol–water partition coefficient (Wildman–Crippen LogP) is 5.82. The molecule has 0 atom stereocenters. The van der Waals surface area contributed by atoms with Crippen molar-refractivity contribution in [3.05, 3.63) is 64.8 Å². The first-order chi connectivity index (χ1) is 8.56. The molecule has 0 aromatic heterocycles. The Morgan fingerprint density at radius 2 is 1.78 bits per heavy atom. The third-order valence-corrected chi connectivity index (χ3v) is 2.63. The Morgan fingerprint density at radius 3 is 2.22 bits per heavy atom. The largest absolute Gasteiger partial charge is 0.353 e. The third kappa shape index (κ3) is 4.99. The normalized spacial score (nSPS) is 10.7. The molecule has 0 aliphatic carbocycles. The van der Waals surface area contributed by atoms with E-state index in [1.54, 1.807) is 0 Å². The second kappa shape index (κ2) is 8.84. The molecule has 0 spiro atoms. The summed E-state index contributed by atoms with van der Waals surface area (Å²) in [4.78, 5) is 0. The highest BCUT2D eigenvalue weighted by molar-refractivity contribution is 6.36. The quantitative estimate of drug-likeness (QED) is 0.687. The average Bonchev–Trinajstić information content (AvgIpc) is 2.39. The summed E-state index contributed by atoms with van der Waals surface area (Å²) in [7, 11) is 0. The number of halogens is 2. The van der Waals surface area contributed by atoms with Gasteiger partial charge >= 0.3 is 0 Å². The standard InChI is InChI=1S/C13H13Cl2N.C2H6/c1-4-11(15)13(10(3)14)16-12-8-6-5-7-9(12)2;1-2/h4-8,16H,1,3H2,2H3;1-2H3/b13-11-;. The van der Waals surface area contributed by atoms with Crippen molar-refractivity contribution in [1.29, 1.82) is 0 Å². The molecule has 0 radical (unpaired) electrons. The van der Waals surface area contributed by atoms with Crippen molar-refractivity contribution in [2.24, 2.45) is 0 Å². The maximum atomic E-state index is 5.98. The van der Waals surface area contributed by atoms with E-state index >= 15 is 0 Å². The van der Waals surface area contributed by atoms with Crippen molar-refractivity contribution < 1.29 is 0 Å². The summed E-state index contributed by atoms with van der Waals surface area (Å²) < 4.78 is 0. The first kappa shape index (κ1) is 16.8. The van der Waals surface area contributed by atoms with Gasteiger partial charge in [0, 0.05) is 5.69 Å². The fourth-order valence-electron chi connectivity index (χ4n) is 1.21. The van der Waals surface area contributed by atoms with E-state index in [2.05, 4.69) is 18.5 Å². The minimum atomic E-state index is 0.355. The van der Waals surface area contributed by atoms with Gasteiger partial charge in [-0.1, -0.05) is 68.4 Å². The molecule has 0 aliphatic heterocycles. The van der Waals surface area contributed by atoms with Crippen LogP contribution in [0.15, 0.2) is 59.3 Å². The highest BCUT2D eigenvalue weighted by Crippen LogP contribution is 2.24. The van der Waals surface area contributed by atoms with E-state index < -0.39 is 0 Å². The molecule has 0 bridgehead atoms. The van der Waals surface area contributed by atoms with Crippen LogP contribution in [0.4, 0.5) is 5.69 Å². The van der Waals surface area contributed by atoms with Crippen LogP contribution in [-0.2, 0) is 0 Å². The van der Waals surface area contributed by atoms with E-state index in [-0.39, 0.29) is 0 Å². The lowest BCUT2D eigenvalue weighted by atomic mass is 10.2. The number of rotatable bonds is 4. The number of aryl methyl sites for hydroxylation is 1. The molecule has 1 rings (SSSR count). The van der Waals surface area contributed by atoms with Gasteiger partial charge in [0.25, 0.3) is 0 Å². The van der Waals surface area contributed by atoms with Gasteiger partial charge in [-0.3, -0.25) is 0 Å². The highest BCUT2D eigenvalue weighted by Gasteiger charge is 2.06. The van der Waals surface area contributed by atoms with E-state index in [4.69, 9.17) is 23.2 Å². The van der Waals surface area contributed by atoms with Crippen molar-refractivity contribution >= 4 is 28.9 Å². The fraction of sp³-hybridized carbons (Fsp3) is 0.200. The highest BCUT2D eigenvalue weighted by atomic mass is 35.5. The van der Waals surface area contributed by atoms with Crippen LogP contribution >= 0.6 is 23.2 Å². The van der Waals surface area contributed by atoms with Crippen LogP contribution in [0.5, 0.6) is 0 Å². The van der Waals surface area contributed by atoms with Crippen molar-refractivity contribution in [2.45, 2.75) is 20.8 Å². The minimum Gasteiger partial charge on any atom is -0.353 e. The number of benzene rings is 1. The summed E-state index contributed by atoms with van der Waals surface area (Å²) in [5, 5.41) is 3.94. The van der Waals surface area contributed by atoms with Crippen molar-refractivity contribution in [3.63, 3.8) is 0 Å². The Morgan fingerprint density at radius 1 is 1.22 bits per heavy atom. The summed E-state index contributed by atoms with van der Waals surface area (Å²) in [5.74, 6) is 0. The van der Waals surface area contributed by atoms with Gasteiger partial charge in [-0.2, -0.15) is 0 Å². The number of allylic oxidation sites excluding steroid dienone is 3. The molecule has 98 valence electrons. The van der Waals surface area contributed by atoms with Crippen molar-refractivity contribution in [3.8, 4) is 0 Å². The van der Waals surface area contributed by atoms with Gasteiger partial charge in [-0.25, -0.2) is 0 Å². The number of anilines is 1. The van der Waals surface area contributed by atoms with Gasteiger partial charge in [0.05, 0.1) is 15.8 Å². The van der Waals surface area contributed by atoms with E-state index in [9.17, 15) is 0 Å². The third-order valence-electron chi connectivity index (χ3n) is 2.09. The van der Waals surface area contributed by atoms with E-state index in [0.717, 1.165) is 11.3 Å². The number of hydrogen-bond acceptors (Lipinski definition) is 1. The molecule has 1 aromatic carbocycles. The van der Waals surface area contributed by atoms with Crippen LogP contribution < -0.4 is 5.32 Å². The lowest BCUT2D eigenvalue weighted by Gasteiger charge is -2.13. The lowest BCUT2D eigenvalue weighted by molar-refractivity contribution is 1.38. The summed E-state index contributed by atoms with van der Waals surface area (Å²) in [6, 6.07) is 7.85. The molecule has 0 amide bonds. The maximum absolute atomic E-state index is 5.98. The zero-order chi connectivity index (χ0) is 14.1. The van der Waals surface area contributed by atoms with Crippen LogP contribution in [-0.4, -0.2) is 0 Å². The molecule has 0 heterocycles. The van der Waals surface area contributed by atoms with Gasteiger partial charge in [-0.05, 0) is 24.6 Å². The molecule has 0 aliphatic rings. The van der Waals surface area contributed by atoms with E-state index in [1.165, 1.54) is 6.08 Å². The van der Waals surface area contributed by atoms with Crippen molar-refractivity contribution in [1.82, 2.24) is 0 Å². The second-order valence-electron chi connectivity index (χ2n) is 3.27. The lowest BCUT2D eigenvalue weighted by Crippen LogP contribution is -2.02. The Balaban J connectivity index is 0.00000137. The summed E-state index contributed by atoms with van der Waals surface area (Å²) in [6.07, 6.45) is 1.52. The van der Waals surface area contributed by atoms with Gasteiger partial charge < -0.3 is 5.32 Å². The Hall–Kier alpha value is -1.18. The van der Waals surface area contributed by atoms with Gasteiger partial charge in [0.2, 0.25) is 0 Å². The van der Waals surface area contributed by atoms with Crippen LogP contribution in [0, 0.1) is 6.92 Å². The van der Waals surface area contributed by atoms with Gasteiger partial charge in [0.15, 0.2) is 0 Å². The maximum Gasteiger partial charge on any atom is 0.0756 e. The molecule has 1 N–H and O–H groups in total. The smallest absolute Gasteiger partial charge is 0.0756 e. The van der Waals surface area contributed by atoms with Gasteiger partial charge in [0.1, 0.15) is 0 Å². The van der Waals surface area contributed by atoms with E-state index in [0.29, 0.717) is 15.8 Å². The summed E-state index contributed by atoms with van der Waals surface area (Å²) >= 11 is 11.9. The monoisotopic (exact) mass is 283 g/mol. The molecular formula is C15H19Cl2N. The van der Waals surface area contributed by atoms with E-state index in [1.807, 2.05) is 45.0 Å². The summed E-state index contributed by atoms with van der Waals surface area (Å²) in [6.45, 7) is 13.3. The first-order valence-electron chi connectivity index (χ1n) is 5.76. The zero-order valence-corrected chi connectivity index (χ0v) is 12.6. The van der Waals surface area contributed by atoms with Crippen LogP contribution in [0.25, 0.3) is 0 Å². The van der Waals surface area contributed by atoms with Crippen LogP contribution in [0.3, 0.4) is 0 Å². The summed E-state index contributed by atoms with van der Waals surface area (Å²) in [5.41, 5.74) is 2.62. The molecular weight excluding hydrogens is 265 g/mol. The SMILES string of the molecule is C=C/C(Cl)=C(/Nc1ccccc1C)C(=C)Cl.CC. The molecule has 0 saturated carbocycles. The average molecular weight is 284 g/mol. The molecule has 18 heavy (non-hydrogen) atoms. The first-order valence-corrected chi connectivity index (χ1v) is 6.51. The van der Waals surface area contributed by atoms with Gasteiger partial charge in [-0.15, -0.1) is 0 Å². The van der Waals surface area contributed by atoms with Crippen molar-refractivity contribution in [2.75, 3.05) is 5.32 Å². The number of nitrogens with one attached hydrogen (secondary N) is 1. The molecule has 1 aromatic rings. The van der Waals surface area contributed by atoms with Crippen LogP contribution in [0.1, 0.15) is 19.4 Å². The number of para-hydroxylation sites is 1. The Kier molecular flexibility index (Phi) is 8.27. The molecule has 0 saturated heterocycles. The van der Waals surface area contributed by atoms with Crippen LogP contribution in [0.2, 0.25) is 0 Å².